The molecule has 704 valence electrons. The van der Waals surface area contributed by atoms with E-state index in [-0.39, 0.29) is 22.1 Å². The first-order chi connectivity index (χ1) is 60.4. The summed E-state index contributed by atoms with van der Waals surface area (Å²) in [7, 11) is 11.4. The summed E-state index contributed by atoms with van der Waals surface area (Å²) < 4.78 is 171. The van der Waals surface area contributed by atoms with Crippen molar-refractivity contribution in [3.63, 3.8) is 0 Å². The molecule has 0 aliphatic carbocycles. The minimum atomic E-state index is -3.55. The van der Waals surface area contributed by atoms with Crippen LogP contribution in [0.25, 0.3) is 0 Å². The van der Waals surface area contributed by atoms with E-state index < -0.39 is 49.6 Å². The minimum absolute atomic E-state index is 0. The number of rotatable bonds is 30. The highest BCUT2D eigenvalue weighted by atomic mass is 32.2. The summed E-state index contributed by atoms with van der Waals surface area (Å²) in [4.78, 5) is 3.30. The van der Waals surface area contributed by atoms with Crippen LogP contribution in [0.15, 0.2) is 231 Å². The molecule has 2 aliphatic rings. The number of ether oxygens (including phenoxy) is 11. The lowest BCUT2D eigenvalue weighted by Crippen LogP contribution is -2.26. The molecular formula is C93H131N9O21S5. The lowest BCUT2D eigenvalue weighted by Gasteiger charge is -2.26. The summed E-state index contributed by atoms with van der Waals surface area (Å²) >= 11 is 0. The molecule has 9 N–H and O–H groups in total. The van der Waals surface area contributed by atoms with Crippen LogP contribution in [0.1, 0.15) is 68.6 Å². The van der Waals surface area contributed by atoms with Gasteiger partial charge >= 0.3 is 0 Å². The molecule has 0 aromatic heterocycles. The van der Waals surface area contributed by atoms with E-state index in [9.17, 15) is 42.1 Å². The fourth-order valence-electron chi connectivity index (χ4n) is 11.9. The van der Waals surface area contributed by atoms with Gasteiger partial charge in [0.1, 0.15) is 12.4 Å². The van der Waals surface area contributed by atoms with E-state index in [0.29, 0.717) is 53.6 Å². The van der Waals surface area contributed by atoms with Gasteiger partial charge in [0.05, 0.1) is 80.9 Å². The zero-order chi connectivity index (χ0) is 94.3. The molecule has 0 unspecified atom stereocenters. The number of sulfone groups is 3. The summed E-state index contributed by atoms with van der Waals surface area (Å²) in [6.45, 7) is 10.4. The second-order valence-electron chi connectivity index (χ2n) is 28.3. The maximum atomic E-state index is 11.3. The number of hydrogen-bond donors (Lipinski definition) is 8. The number of sulfonamides is 2. The first-order valence-electron chi connectivity index (χ1n) is 39.8. The lowest BCUT2D eigenvalue weighted by atomic mass is 9.99. The molecule has 0 atom stereocenters. The Labute approximate surface area is 760 Å². The maximum Gasteiger partial charge on any atom is 0.240 e. The number of nitrogens with one attached hydrogen (secondary N) is 7. The number of hydrogen-bond acceptors (Lipinski definition) is 28. The molecule has 35 heteroatoms. The van der Waals surface area contributed by atoms with Gasteiger partial charge < -0.3 is 88.9 Å². The summed E-state index contributed by atoms with van der Waals surface area (Å²) in [6.07, 6.45) is 4.55. The van der Waals surface area contributed by atoms with E-state index in [2.05, 4.69) is 79.8 Å². The molecule has 30 nitrogen and oxygen atoms in total. The van der Waals surface area contributed by atoms with Crippen LogP contribution in [0, 0.1) is 6.92 Å². The van der Waals surface area contributed by atoms with E-state index in [4.69, 9.17) is 57.2 Å². The van der Waals surface area contributed by atoms with Gasteiger partial charge in [0.15, 0.2) is 75.5 Å². The number of nitrogens with two attached hydrogens (primary N) is 1. The summed E-state index contributed by atoms with van der Waals surface area (Å²) in [5.74, 6) is 7.83. The maximum absolute atomic E-state index is 11.3. The highest BCUT2D eigenvalue weighted by Crippen LogP contribution is 2.39. The predicted octanol–water partition coefficient (Wildman–Crippen LogP) is 11.7. The first kappa shape index (κ1) is 112. The van der Waals surface area contributed by atoms with Crippen molar-refractivity contribution in [2.75, 3.05) is 145 Å². The Morgan fingerprint density at radius 1 is 0.359 bits per heavy atom. The quantitative estimate of drug-likeness (QED) is 0.0207. The largest absolute Gasteiger partial charge is 0.496 e. The Bertz CT molecular complexity index is 5340. The van der Waals surface area contributed by atoms with Crippen LogP contribution < -0.4 is 89.1 Å². The topological polar surface area (TPSA) is 386 Å². The molecule has 0 saturated heterocycles. The van der Waals surface area contributed by atoms with Gasteiger partial charge in [-0.3, -0.25) is 0 Å². The smallest absolute Gasteiger partial charge is 0.240 e. The number of primary sulfonamides is 1. The van der Waals surface area contributed by atoms with Crippen LogP contribution in [0.5, 0.6) is 57.5 Å². The van der Waals surface area contributed by atoms with Crippen molar-refractivity contribution in [2.45, 2.75) is 104 Å². The monoisotopic (exact) mass is 1870 g/mol. The normalized spacial score (nSPS) is 11.7. The second kappa shape index (κ2) is 57.5. The Morgan fingerprint density at radius 3 is 1.14 bits per heavy atom. The molecule has 0 spiro atoms. The van der Waals surface area contributed by atoms with Gasteiger partial charge in [-0.2, -0.15) is 0 Å². The summed E-state index contributed by atoms with van der Waals surface area (Å²) in [5.41, 5.74) is 12.9. The van der Waals surface area contributed by atoms with Gasteiger partial charge in [-0.1, -0.05) is 98.4 Å². The van der Waals surface area contributed by atoms with Gasteiger partial charge in [0.2, 0.25) is 32.6 Å². The summed E-state index contributed by atoms with van der Waals surface area (Å²) in [6, 6.07) is 61.4. The molecule has 0 radical (unpaired) electrons. The van der Waals surface area contributed by atoms with Crippen molar-refractivity contribution in [1.82, 2.24) is 41.5 Å². The number of methoxy groups -OCH3 is 8. The van der Waals surface area contributed by atoms with Crippen LogP contribution >= 0.6 is 0 Å². The Kier molecular flexibility index (Phi) is 50.2. The van der Waals surface area contributed by atoms with Crippen molar-refractivity contribution < 1.29 is 94.2 Å². The van der Waals surface area contributed by atoms with Crippen LogP contribution in [-0.2, 0) is 120 Å². The van der Waals surface area contributed by atoms with Crippen molar-refractivity contribution in [1.29, 1.82) is 0 Å². The predicted molar refractivity (Wildman–Crippen MR) is 506 cm³/mol. The molecule has 12 rings (SSSR count). The molecule has 128 heavy (non-hydrogen) atoms. The molecule has 0 fully saturated rings. The molecule has 0 saturated carbocycles. The zero-order valence-electron chi connectivity index (χ0n) is 76.3. The number of benzene rings is 10. The van der Waals surface area contributed by atoms with E-state index in [1.165, 1.54) is 89.3 Å². The van der Waals surface area contributed by atoms with E-state index in [0.717, 1.165) is 127 Å². The average molecular weight is 1870 g/mol. The first-order valence-corrected chi connectivity index (χ1v) is 48.5. The molecule has 0 bridgehead atoms. The third-order valence-corrected chi connectivity index (χ3v) is 24.1. The van der Waals surface area contributed by atoms with E-state index >= 15 is 0 Å². The van der Waals surface area contributed by atoms with Crippen LogP contribution in [0.2, 0.25) is 0 Å². The van der Waals surface area contributed by atoms with Gasteiger partial charge in [-0.05, 0) is 246 Å². The standard InChI is InChI=1S/C16H19NO2.C12H17NO2.C11H17NO3.C10H15NO.C9H13NO2S.C9H11NO2.C9H12O3S.C8H12N2O2S.C8H11NO4S2.CH4/c1-17-11-14-8-9-15(16(10-14)18-2)19-12-13-6-4-3-5-7-13;1-13-5-4-9-6-11(14-2)12(15-3)7-10(9)8-13;1-12-7-8-5-9(13-2)11(15-4)10(6-8)14-3;1-8-6-9(7-11-2)4-5-10(8)12-3;1-10-7-8-3-5-9(6-4-8)13(2,11)12;1-10-5-7-2-3-8-9(4-7)12-6-11-8;1-12-7-8-3-5-9(6-4-8)13(2,10)11;1-10-6-7-2-4-8(5-3-7)13(9,11)12;1-9-15(12,13)8-5-3-7(4-6-8)14(2,10)11;/h3-10,17H,11-12H2,1-2H3;6-7H,4-5,8H2,1-3H3;5-6,12H,7H2,1-4H3;4-6,11H,7H2,1-3H3;3-6,10H,7H2,1-2H3;2-4,10H,5-6H2,1H3;3-6H,7H2,1-2H3;2-5,10H,6H2,1H3,(H2,9,11,12);3-6,9H,1-2H3;1H4. The van der Waals surface area contributed by atoms with Crippen molar-refractivity contribution >= 4 is 49.6 Å². The molecule has 2 aliphatic heterocycles. The minimum Gasteiger partial charge on any atom is -0.496 e. The Morgan fingerprint density at radius 2 is 0.719 bits per heavy atom. The fourth-order valence-corrected chi connectivity index (χ4v) is 15.0. The number of nitrogens with zero attached hydrogens (tertiary/aromatic N) is 1. The molecular weight excluding hydrogens is 1740 g/mol. The number of aryl methyl sites for hydroxylation is 1. The third-order valence-electron chi connectivity index (χ3n) is 18.4. The zero-order valence-corrected chi connectivity index (χ0v) is 80.3. The van der Waals surface area contributed by atoms with Gasteiger partial charge in [0.25, 0.3) is 0 Å². The van der Waals surface area contributed by atoms with Gasteiger partial charge in [-0.25, -0.2) is 52.0 Å². The van der Waals surface area contributed by atoms with E-state index in [1.54, 1.807) is 105 Å². The van der Waals surface area contributed by atoms with Gasteiger partial charge in [-0.15, -0.1) is 0 Å². The van der Waals surface area contributed by atoms with Crippen molar-refractivity contribution in [2.24, 2.45) is 5.14 Å². The average Bonchev–Trinajstić information content (AvgIpc) is 1.01. The Balaban J connectivity index is 0.000000372. The lowest BCUT2D eigenvalue weighted by molar-refractivity contribution is 0.174. The molecule has 10 aromatic rings. The highest BCUT2D eigenvalue weighted by molar-refractivity contribution is 7.91. The second-order valence-corrected chi connectivity index (χ2v) is 37.8. The van der Waals surface area contributed by atoms with Crippen LogP contribution in [-0.4, -0.2) is 192 Å². The third kappa shape index (κ3) is 39.2. The highest BCUT2D eigenvalue weighted by Gasteiger charge is 2.20. The van der Waals surface area contributed by atoms with Crippen molar-refractivity contribution in [3.8, 4) is 57.5 Å². The fraction of sp³-hybridized carbons (Fsp3) is 0.355. The number of fused-ring (bicyclic) bond motifs is 2. The van der Waals surface area contributed by atoms with Crippen molar-refractivity contribution in [3.05, 3.63) is 267 Å². The van der Waals surface area contributed by atoms with Crippen LogP contribution in [0.4, 0.5) is 0 Å². The summed E-state index contributed by atoms with van der Waals surface area (Å²) in [5, 5.41) is 23.3. The molecule has 0 amide bonds. The Hall–Kier alpha value is -10.5. The van der Waals surface area contributed by atoms with Crippen LogP contribution in [0.3, 0.4) is 0 Å². The molecule has 10 aromatic carbocycles. The van der Waals surface area contributed by atoms with E-state index in [1.807, 2.05) is 139 Å². The molecule has 2 heterocycles. The number of likely N-dealkylation sites (N-methyl/N-ethyl adjacent to an activating group) is 1. The van der Waals surface area contributed by atoms with Gasteiger partial charge in [0, 0.05) is 78.2 Å². The SMILES string of the molecule is C.CNCc1cc(OC)c(OC)c(OC)c1.CNCc1ccc(OC)c(C)c1.CNCc1ccc(OCc2ccccc2)c(OC)c1.CNCc1ccc(S(C)(=O)=O)cc1.CNCc1ccc(S(N)(=O)=O)cc1.CNCc1ccc2c(c1)OCO2.CNS(=O)(=O)c1ccc(S(C)(=O)=O)cc1.COCc1ccc(S(C)(=O)=O)cc1.COc1cc2c(cc1OC)CN(C)CC2.